The van der Waals surface area contributed by atoms with Gasteiger partial charge in [-0.1, -0.05) is 29.8 Å². The summed E-state index contributed by atoms with van der Waals surface area (Å²) in [6.07, 6.45) is 2.41. The Bertz CT molecular complexity index is 776. The molecular formula is C18H18ClF2N3O2. The summed E-state index contributed by atoms with van der Waals surface area (Å²) in [5.41, 5.74) is 0.424. The van der Waals surface area contributed by atoms with Crippen LogP contribution in [0.25, 0.3) is 0 Å². The van der Waals surface area contributed by atoms with Crippen molar-refractivity contribution in [3.8, 4) is 5.75 Å². The molecule has 2 aromatic rings. The molecule has 1 N–H and O–H groups in total. The zero-order chi connectivity index (χ0) is 18.5. The monoisotopic (exact) mass is 381 g/mol. The number of nitrogens with zero attached hydrogens (tertiary/aromatic N) is 2. The highest BCUT2D eigenvalue weighted by Gasteiger charge is 2.26. The summed E-state index contributed by atoms with van der Waals surface area (Å²) >= 11 is 6.16. The van der Waals surface area contributed by atoms with E-state index in [9.17, 15) is 13.6 Å². The molecule has 8 heteroatoms. The fraction of sp³-hybridized carbons (Fsp3) is 0.333. The van der Waals surface area contributed by atoms with Gasteiger partial charge in [0.25, 0.3) is 0 Å². The first-order valence-corrected chi connectivity index (χ1v) is 8.58. The summed E-state index contributed by atoms with van der Waals surface area (Å²) in [7, 11) is 0. The number of alkyl halides is 2. The zero-order valence-corrected chi connectivity index (χ0v) is 14.6. The van der Waals surface area contributed by atoms with Gasteiger partial charge in [-0.25, -0.2) is 4.98 Å². The van der Waals surface area contributed by atoms with Gasteiger partial charge in [0.2, 0.25) is 5.91 Å². The van der Waals surface area contributed by atoms with Gasteiger partial charge in [-0.05, 0) is 24.6 Å². The molecule has 0 spiro atoms. The molecule has 138 valence electrons. The van der Waals surface area contributed by atoms with Crippen LogP contribution in [0, 0.1) is 0 Å². The Kier molecular flexibility index (Phi) is 5.88. The third-order valence-electron chi connectivity index (χ3n) is 4.13. The van der Waals surface area contributed by atoms with E-state index < -0.39 is 6.61 Å². The van der Waals surface area contributed by atoms with Crippen molar-refractivity contribution in [3.63, 3.8) is 0 Å². The number of halogens is 3. The van der Waals surface area contributed by atoms with Crippen LogP contribution in [0.3, 0.4) is 0 Å². The Morgan fingerprint density at radius 3 is 2.92 bits per heavy atom. The number of para-hydroxylation sites is 1. The first-order chi connectivity index (χ1) is 12.5. The van der Waals surface area contributed by atoms with E-state index in [0.29, 0.717) is 22.9 Å². The second-order valence-corrected chi connectivity index (χ2v) is 6.38. The van der Waals surface area contributed by atoms with Crippen LogP contribution in [0.15, 0.2) is 42.6 Å². The van der Waals surface area contributed by atoms with Crippen molar-refractivity contribution < 1.29 is 18.3 Å². The number of carbonyl (C=O) groups is 1. The van der Waals surface area contributed by atoms with E-state index in [2.05, 4.69) is 15.0 Å². The van der Waals surface area contributed by atoms with E-state index in [1.165, 1.54) is 6.07 Å². The topological polar surface area (TPSA) is 54.5 Å². The number of pyridine rings is 1. The predicted molar refractivity (Wildman–Crippen MR) is 94.8 cm³/mol. The van der Waals surface area contributed by atoms with Crippen molar-refractivity contribution in [2.75, 3.05) is 18.0 Å². The predicted octanol–water partition coefficient (Wildman–Crippen LogP) is 3.27. The normalized spacial score (nSPS) is 16.8. The Hall–Kier alpha value is -2.41. The highest BCUT2D eigenvalue weighted by molar-refractivity contribution is 6.32. The molecule has 1 aromatic carbocycles. The van der Waals surface area contributed by atoms with Crippen LogP contribution < -0.4 is 15.0 Å². The minimum Gasteiger partial charge on any atom is -0.435 e. The maximum absolute atomic E-state index is 12.5. The molecule has 3 rings (SSSR count). The number of ether oxygens (including phenoxy) is 1. The lowest BCUT2D eigenvalue weighted by Crippen LogP contribution is -2.38. The summed E-state index contributed by atoms with van der Waals surface area (Å²) in [4.78, 5) is 18.6. The standard InChI is InChI=1S/C18H18ClF2N3O2/c19-14-5-3-8-22-17(14)24-9-7-13(11-24)23-16(25)10-12-4-1-2-6-15(12)26-18(20)21/h1-6,8,13,18H,7,9-11H2,(H,23,25). The largest absolute Gasteiger partial charge is 0.435 e. The number of aromatic nitrogens is 1. The third kappa shape index (κ3) is 4.60. The van der Waals surface area contributed by atoms with E-state index in [4.69, 9.17) is 11.6 Å². The maximum atomic E-state index is 12.5. The molecule has 1 aliphatic heterocycles. The average Bonchev–Trinajstić information content (AvgIpc) is 3.04. The summed E-state index contributed by atoms with van der Waals surface area (Å²) in [5, 5.41) is 3.50. The number of benzene rings is 1. The molecule has 0 radical (unpaired) electrons. The molecule has 1 aromatic heterocycles. The van der Waals surface area contributed by atoms with Crippen molar-refractivity contribution >= 4 is 23.3 Å². The average molecular weight is 382 g/mol. The summed E-state index contributed by atoms with van der Waals surface area (Å²) in [6, 6.07) is 9.78. The number of carbonyl (C=O) groups excluding carboxylic acids is 1. The molecule has 1 unspecified atom stereocenters. The number of rotatable bonds is 6. The van der Waals surface area contributed by atoms with E-state index in [1.54, 1.807) is 36.5 Å². The van der Waals surface area contributed by atoms with Gasteiger partial charge in [0, 0.05) is 30.9 Å². The second-order valence-electron chi connectivity index (χ2n) is 5.97. The number of nitrogens with one attached hydrogen (secondary N) is 1. The Balaban J connectivity index is 1.57. The Labute approximate surface area is 154 Å². The van der Waals surface area contributed by atoms with Crippen molar-refractivity contribution in [3.05, 3.63) is 53.2 Å². The van der Waals surface area contributed by atoms with Crippen LogP contribution in [0.2, 0.25) is 5.02 Å². The van der Waals surface area contributed by atoms with E-state index in [-0.39, 0.29) is 24.1 Å². The van der Waals surface area contributed by atoms with Gasteiger partial charge in [-0.2, -0.15) is 8.78 Å². The summed E-state index contributed by atoms with van der Waals surface area (Å²) in [6.45, 7) is -1.60. The van der Waals surface area contributed by atoms with Crippen LogP contribution >= 0.6 is 11.6 Å². The van der Waals surface area contributed by atoms with E-state index in [1.807, 2.05) is 4.90 Å². The van der Waals surface area contributed by atoms with Gasteiger partial charge in [0.15, 0.2) is 0 Å². The molecular weight excluding hydrogens is 364 g/mol. The highest BCUT2D eigenvalue weighted by atomic mass is 35.5. The van der Waals surface area contributed by atoms with Crippen molar-refractivity contribution in [2.45, 2.75) is 25.5 Å². The zero-order valence-electron chi connectivity index (χ0n) is 13.9. The Morgan fingerprint density at radius 1 is 1.35 bits per heavy atom. The number of hydrogen-bond acceptors (Lipinski definition) is 4. The molecule has 0 bridgehead atoms. The van der Waals surface area contributed by atoms with Crippen molar-refractivity contribution in [1.29, 1.82) is 0 Å². The molecule has 1 amide bonds. The number of anilines is 1. The van der Waals surface area contributed by atoms with Crippen LogP contribution in [-0.2, 0) is 11.2 Å². The first-order valence-electron chi connectivity index (χ1n) is 8.20. The fourth-order valence-corrected chi connectivity index (χ4v) is 3.23. The van der Waals surface area contributed by atoms with E-state index >= 15 is 0 Å². The highest BCUT2D eigenvalue weighted by Crippen LogP contribution is 2.26. The molecule has 2 heterocycles. The lowest BCUT2D eigenvalue weighted by Gasteiger charge is -2.19. The first kappa shape index (κ1) is 18.4. The van der Waals surface area contributed by atoms with Gasteiger partial charge >= 0.3 is 6.61 Å². The maximum Gasteiger partial charge on any atom is 0.387 e. The number of hydrogen-bond donors (Lipinski definition) is 1. The molecule has 5 nitrogen and oxygen atoms in total. The summed E-state index contributed by atoms with van der Waals surface area (Å²) in [5.74, 6) is 0.474. The smallest absolute Gasteiger partial charge is 0.387 e. The minimum absolute atomic E-state index is 0.0194. The van der Waals surface area contributed by atoms with Gasteiger partial charge in [0.1, 0.15) is 11.6 Å². The molecule has 26 heavy (non-hydrogen) atoms. The minimum atomic E-state index is -2.93. The lowest BCUT2D eigenvalue weighted by atomic mass is 10.1. The van der Waals surface area contributed by atoms with Gasteiger partial charge in [-0.15, -0.1) is 0 Å². The fourth-order valence-electron chi connectivity index (χ4n) is 2.99. The van der Waals surface area contributed by atoms with E-state index in [0.717, 1.165) is 13.0 Å². The molecule has 0 saturated carbocycles. The lowest BCUT2D eigenvalue weighted by molar-refractivity contribution is -0.121. The molecule has 1 aliphatic rings. The van der Waals surface area contributed by atoms with Crippen LogP contribution in [0.5, 0.6) is 5.75 Å². The van der Waals surface area contributed by atoms with Gasteiger partial charge < -0.3 is 15.0 Å². The van der Waals surface area contributed by atoms with Crippen molar-refractivity contribution in [1.82, 2.24) is 10.3 Å². The van der Waals surface area contributed by atoms with Crippen LogP contribution in [-0.4, -0.2) is 36.6 Å². The molecule has 1 atom stereocenters. The van der Waals surface area contributed by atoms with Crippen molar-refractivity contribution in [2.24, 2.45) is 0 Å². The number of amides is 1. The Morgan fingerprint density at radius 2 is 2.15 bits per heavy atom. The SMILES string of the molecule is O=C(Cc1ccccc1OC(F)F)NC1CCN(c2ncccc2Cl)C1. The molecule has 1 saturated heterocycles. The van der Waals surface area contributed by atoms with Crippen LogP contribution in [0.4, 0.5) is 14.6 Å². The quantitative estimate of drug-likeness (QED) is 0.834. The molecule has 1 fully saturated rings. The summed E-state index contributed by atoms with van der Waals surface area (Å²) < 4.78 is 29.4. The van der Waals surface area contributed by atoms with Gasteiger partial charge in [-0.3, -0.25) is 4.79 Å². The van der Waals surface area contributed by atoms with Gasteiger partial charge in [0.05, 0.1) is 11.4 Å². The molecule has 0 aliphatic carbocycles. The second kappa shape index (κ2) is 8.31. The van der Waals surface area contributed by atoms with Crippen LogP contribution in [0.1, 0.15) is 12.0 Å². The third-order valence-corrected chi connectivity index (χ3v) is 4.43.